The van der Waals surface area contributed by atoms with Gasteiger partial charge in [0.2, 0.25) is 5.91 Å². The van der Waals surface area contributed by atoms with Gasteiger partial charge in [0.15, 0.2) is 0 Å². The molecule has 1 N–H and O–H groups in total. The van der Waals surface area contributed by atoms with Crippen LogP contribution in [0.3, 0.4) is 0 Å². The van der Waals surface area contributed by atoms with Crippen LogP contribution in [-0.2, 0) is 23.1 Å². The first-order chi connectivity index (χ1) is 12.8. The summed E-state index contributed by atoms with van der Waals surface area (Å²) in [5.74, 6) is 0.908. The van der Waals surface area contributed by atoms with Crippen LogP contribution in [0, 0.1) is 0 Å². The number of para-hydroxylation sites is 1. The molecule has 2 aromatic carbocycles. The van der Waals surface area contributed by atoms with E-state index >= 15 is 0 Å². The molecule has 0 aliphatic heterocycles. The Bertz CT molecular complexity index is 720. The highest BCUT2D eigenvalue weighted by molar-refractivity contribution is 5.92. The monoisotopic (exact) mass is 367 g/mol. The quantitative estimate of drug-likeness (QED) is 0.589. The molecule has 146 valence electrons. The highest BCUT2D eigenvalue weighted by atomic mass is 16.5. The lowest BCUT2D eigenvalue weighted by Crippen LogP contribution is -2.15. The Labute approximate surface area is 164 Å². The van der Waals surface area contributed by atoms with Crippen LogP contribution >= 0.6 is 0 Å². The van der Waals surface area contributed by atoms with Crippen LogP contribution in [0.25, 0.3) is 0 Å². The summed E-state index contributed by atoms with van der Waals surface area (Å²) in [4.78, 5) is 12.3. The number of anilines is 1. The fourth-order valence-electron chi connectivity index (χ4n) is 3.08. The van der Waals surface area contributed by atoms with Crippen LogP contribution in [0.15, 0.2) is 42.5 Å². The highest BCUT2D eigenvalue weighted by Crippen LogP contribution is 2.25. The molecule has 27 heavy (non-hydrogen) atoms. The number of carbonyl (C=O) groups excluding carboxylic acids is 1. The second-order valence-electron chi connectivity index (χ2n) is 7.93. The summed E-state index contributed by atoms with van der Waals surface area (Å²) >= 11 is 0. The summed E-state index contributed by atoms with van der Waals surface area (Å²) in [5, 5.41) is 3.11. The minimum absolute atomic E-state index is 0.0530. The highest BCUT2D eigenvalue weighted by Gasteiger charge is 2.13. The van der Waals surface area contributed by atoms with E-state index in [-0.39, 0.29) is 11.3 Å². The number of aryl methyl sites for hydroxylation is 2. The molecule has 0 atom stereocenters. The topological polar surface area (TPSA) is 38.3 Å². The SMILES string of the molecule is CCc1cccc(CC)c1NC(=O)CCCOc1ccc(C(C)(C)C)cc1. The Kier molecular flexibility index (Phi) is 7.46. The fourth-order valence-corrected chi connectivity index (χ4v) is 3.08. The van der Waals surface area contributed by atoms with Crippen molar-refractivity contribution in [2.45, 2.75) is 65.7 Å². The van der Waals surface area contributed by atoms with Crippen molar-refractivity contribution in [1.82, 2.24) is 0 Å². The van der Waals surface area contributed by atoms with Gasteiger partial charge in [-0.2, -0.15) is 0 Å². The molecule has 0 bridgehead atoms. The molecule has 3 heteroatoms. The van der Waals surface area contributed by atoms with Gasteiger partial charge in [-0.15, -0.1) is 0 Å². The molecule has 0 spiro atoms. The summed E-state index contributed by atoms with van der Waals surface area (Å²) in [7, 11) is 0. The van der Waals surface area contributed by atoms with Crippen molar-refractivity contribution in [1.29, 1.82) is 0 Å². The number of carbonyl (C=O) groups is 1. The number of ether oxygens (including phenoxy) is 1. The van der Waals surface area contributed by atoms with Gasteiger partial charge in [0.05, 0.1) is 6.61 Å². The average Bonchev–Trinajstić information content (AvgIpc) is 2.65. The molecule has 0 unspecified atom stereocenters. The molecule has 1 amide bonds. The van der Waals surface area contributed by atoms with Gasteiger partial charge in [0.25, 0.3) is 0 Å². The molecule has 0 fully saturated rings. The standard InChI is InChI=1S/C24H33NO2/c1-6-18-10-8-11-19(7-2)23(18)25-22(26)12-9-17-27-21-15-13-20(14-16-21)24(3,4)5/h8,10-11,13-16H,6-7,9,12,17H2,1-5H3,(H,25,26). The molecule has 3 nitrogen and oxygen atoms in total. The first-order valence-electron chi connectivity index (χ1n) is 9.99. The van der Waals surface area contributed by atoms with Crippen molar-refractivity contribution in [2.24, 2.45) is 0 Å². The zero-order valence-corrected chi connectivity index (χ0v) is 17.4. The number of hydrogen-bond acceptors (Lipinski definition) is 2. The third-order valence-corrected chi connectivity index (χ3v) is 4.80. The second-order valence-corrected chi connectivity index (χ2v) is 7.93. The lowest BCUT2D eigenvalue weighted by Gasteiger charge is -2.19. The van der Waals surface area contributed by atoms with Gasteiger partial charge in [0, 0.05) is 12.1 Å². The number of rotatable bonds is 8. The molecule has 0 aromatic heterocycles. The number of amides is 1. The van der Waals surface area contributed by atoms with E-state index in [0.29, 0.717) is 19.4 Å². The third kappa shape index (κ3) is 6.13. The van der Waals surface area contributed by atoms with Gasteiger partial charge < -0.3 is 10.1 Å². The Morgan fingerprint density at radius 3 is 2.07 bits per heavy atom. The third-order valence-electron chi connectivity index (χ3n) is 4.80. The molecule has 0 radical (unpaired) electrons. The van der Waals surface area contributed by atoms with Crippen molar-refractivity contribution >= 4 is 11.6 Å². The van der Waals surface area contributed by atoms with E-state index in [1.54, 1.807) is 0 Å². The molecule has 2 aromatic rings. The van der Waals surface area contributed by atoms with Gasteiger partial charge in [-0.05, 0) is 53.5 Å². The summed E-state index contributed by atoms with van der Waals surface area (Å²) in [6, 6.07) is 14.5. The van der Waals surface area contributed by atoms with Crippen molar-refractivity contribution in [3.05, 3.63) is 59.2 Å². The van der Waals surface area contributed by atoms with Crippen LogP contribution in [0.2, 0.25) is 0 Å². The molecule has 0 saturated carbocycles. The second kappa shape index (κ2) is 9.59. The normalized spacial score (nSPS) is 11.3. The fraction of sp³-hybridized carbons (Fsp3) is 0.458. The van der Waals surface area contributed by atoms with E-state index in [9.17, 15) is 4.79 Å². The summed E-state index contributed by atoms with van der Waals surface area (Å²) in [5.41, 5.74) is 4.81. The smallest absolute Gasteiger partial charge is 0.224 e. The zero-order valence-electron chi connectivity index (χ0n) is 17.4. The first-order valence-corrected chi connectivity index (χ1v) is 9.99. The van der Waals surface area contributed by atoms with Crippen LogP contribution in [0.4, 0.5) is 5.69 Å². The minimum atomic E-state index is 0.0530. The van der Waals surface area contributed by atoms with E-state index in [4.69, 9.17) is 4.74 Å². The summed E-state index contributed by atoms with van der Waals surface area (Å²) in [6.45, 7) is 11.4. The van der Waals surface area contributed by atoms with Crippen molar-refractivity contribution in [2.75, 3.05) is 11.9 Å². The van der Waals surface area contributed by atoms with E-state index in [1.165, 1.54) is 16.7 Å². The van der Waals surface area contributed by atoms with Crippen LogP contribution in [-0.4, -0.2) is 12.5 Å². The number of benzene rings is 2. The van der Waals surface area contributed by atoms with E-state index in [0.717, 1.165) is 24.3 Å². The Morgan fingerprint density at radius 1 is 0.963 bits per heavy atom. The Balaban J connectivity index is 1.82. The molecule has 2 rings (SSSR count). The van der Waals surface area contributed by atoms with Gasteiger partial charge in [-0.3, -0.25) is 4.79 Å². The van der Waals surface area contributed by atoms with Gasteiger partial charge in [-0.25, -0.2) is 0 Å². The molecular weight excluding hydrogens is 334 g/mol. The molecule has 0 heterocycles. The van der Waals surface area contributed by atoms with Gasteiger partial charge in [0.1, 0.15) is 5.75 Å². The number of hydrogen-bond donors (Lipinski definition) is 1. The maximum atomic E-state index is 12.3. The summed E-state index contributed by atoms with van der Waals surface area (Å²) < 4.78 is 5.78. The van der Waals surface area contributed by atoms with Gasteiger partial charge >= 0.3 is 0 Å². The molecular formula is C24H33NO2. The predicted octanol–water partition coefficient (Wildman–Crippen LogP) is 5.91. The van der Waals surface area contributed by atoms with E-state index in [1.807, 2.05) is 12.1 Å². The maximum Gasteiger partial charge on any atom is 0.224 e. The van der Waals surface area contributed by atoms with Crippen LogP contribution in [0.5, 0.6) is 5.75 Å². The summed E-state index contributed by atoms with van der Waals surface area (Å²) in [6.07, 6.45) is 2.98. The van der Waals surface area contributed by atoms with Crippen molar-refractivity contribution in [3.8, 4) is 5.75 Å². The molecule has 0 aliphatic carbocycles. The first kappa shape index (κ1) is 21.0. The molecule has 0 saturated heterocycles. The Morgan fingerprint density at radius 2 is 1.56 bits per heavy atom. The molecule has 0 aliphatic rings. The Hall–Kier alpha value is -2.29. The maximum absolute atomic E-state index is 12.3. The van der Waals surface area contributed by atoms with Crippen molar-refractivity contribution < 1.29 is 9.53 Å². The average molecular weight is 368 g/mol. The predicted molar refractivity (Wildman–Crippen MR) is 114 cm³/mol. The van der Waals surface area contributed by atoms with Crippen LogP contribution in [0.1, 0.15) is 64.2 Å². The van der Waals surface area contributed by atoms with Crippen molar-refractivity contribution in [3.63, 3.8) is 0 Å². The minimum Gasteiger partial charge on any atom is -0.494 e. The number of nitrogens with one attached hydrogen (secondary N) is 1. The van der Waals surface area contributed by atoms with Gasteiger partial charge in [-0.1, -0.05) is 65.0 Å². The largest absolute Gasteiger partial charge is 0.494 e. The van der Waals surface area contributed by atoms with E-state index in [2.05, 4.69) is 70.3 Å². The lowest BCUT2D eigenvalue weighted by atomic mass is 9.87. The zero-order chi connectivity index (χ0) is 19.9. The van der Waals surface area contributed by atoms with Crippen LogP contribution < -0.4 is 10.1 Å². The lowest BCUT2D eigenvalue weighted by molar-refractivity contribution is -0.116. The van der Waals surface area contributed by atoms with E-state index < -0.39 is 0 Å².